The van der Waals surface area contributed by atoms with Crippen molar-refractivity contribution < 1.29 is 23.8 Å². The first kappa shape index (κ1) is 20.8. The van der Waals surface area contributed by atoms with Gasteiger partial charge in [-0.3, -0.25) is 4.79 Å². The Morgan fingerprint density at radius 1 is 1.20 bits per heavy atom. The summed E-state index contributed by atoms with van der Waals surface area (Å²) < 4.78 is 15.4. The second-order valence-electron chi connectivity index (χ2n) is 6.39. The van der Waals surface area contributed by atoms with Crippen LogP contribution in [0.2, 0.25) is 5.02 Å². The molecule has 0 aliphatic heterocycles. The highest BCUT2D eigenvalue weighted by Gasteiger charge is 2.21. The van der Waals surface area contributed by atoms with Crippen molar-refractivity contribution in [3.05, 3.63) is 28.8 Å². The van der Waals surface area contributed by atoms with Crippen LogP contribution in [0.5, 0.6) is 11.5 Å². The molecular formula is C18H24ClNO5. The Balaban J connectivity index is 2.77. The summed E-state index contributed by atoms with van der Waals surface area (Å²) >= 11 is 6.11. The molecule has 0 saturated carbocycles. The molecule has 0 spiro atoms. The number of methoxy groups -OCH3 is 2. The van der Waals surface area contributed by atoms with Gasteiger partial charge in [0.15, 0.2) is 17.6 Å². The summed E-state index contributed by atoms with van der Waals surface area (Å²) in [5.41, 5.74) is 0.232. The van der Waals surface area contributed by atoms with Crippen LogP contribution in [0.4, 0.5) is 0 Å². The Bertz CT molecular complexity index is 664. The normalized spacial score (nSPS) is 12.6. The van der Waals surface area contributed by atoms with Crippen LogP contribution in [0.1, 0.15) is 33.3 Å². The van der Waals surface area contributed by atoms with E-state index in [1.54, 1.807) is 12.1 Å². The topological polar surface area (TPSA) is 73.9 Å². The van der Waals surface area contributed by atoms with Gasteiger partial charge in [-0.25, -0.2) is 4.79 Å². The number of benzene rings is 1. The molecule has 0 radical (unpaired) electrons. The number of nitrogens with one attached hydrogen (secondary N) is 1. The maximum atomic E-state index is 11.9. The molecule has 0 heterocycles. The summed E-state index contributed by atoms with van der Waals surface area (Å²) in [6.07, 6.45) is 1.84. The van der Waals surface area contributed by atoms with Crippen molar-refractivity contribution in [1.29, 1.82) is 0 Å². The van der Waals surface area contributed by atoms with E-state index >= 15 is 0 Å². The third kappa shape index (κ3) is 6.66. The summed E-state index contributed by atoms with van der Waals surface area (Å²) in [6, 6.07) is 3.30. The van der Waals surface area contributed by atoms with Crippen LogP contribution in [0.3, 0.4) is 0 Å². The summed E-state index contributed by atoms with van der Waals surface area (Å²) in [5.74, 6) is -0.136. The van der Waals surface area contributed by atoms with Gasteiger partial charge in [0.05, 0.1) is 19.2 Å². The van der Waals surface area contributed by atoms with E-state index in [0.29, 0.717) is 22.1 Å². The van der Waals surface area contributed by atoms with Gasteiger partial charge in [0.2, 0.25) is 0 Å². The largest absolute Gasteiger partial charge is 0.493 e. The molecule has 0 aliphatic carbocycles. The van der Waals surface area contributed by atoms with Gasteiger partial charge in [-0.15, -0.1) is 0 Å². The van der Waals surface area contributed by atoms with Gasteiger partial charge in [-0.05, 0) is 51.5 Å². The van der Waals surface area contributed by atoms with Crippen molar-refractivity contribution >= 4 is 29.6 Å². The van der Waals surface area contributed by atoms with Crippen LogP contribution in [-0.2, 0) is 14.3 Å². The second kappa shape index (κ2) is 8.76. The zero-order valence-electron chi connectivity index (χ0n) is 15.3. The van der Waals surface area contributed by atoms with Crippen LogP contribution >= 0.6 is 11.6 Å². The van der Waals surface area contributed by atoms with Crippen molar-refractivity contribution in [2.75, 3.05) is 14.2 Å². The van der Waals surface area contributed by atoms with Gasteiger partial charge in [0.25, 0.3) is 5.91 Å². The van der Waals surface area contributed by atoms with Crippen LogP contribution < -0.4 is 14.8 Å². The summed E-state index contributed by atoms with van der Waals surface area (Å²) in [5, 5.41) is 3.10. The van der Waals surface area contributed by atoms with E-state index in [4.69, 9.17) is 25.8 Å². The van der Waals surface area contributed by atoms with Crippen LogP contribution in [0.25, 0.3) is 6.08 Å². The lowest BCUT2D eigenvalue weighted by Gasteiger charge is -2.22. The minimum atomic E-state index is -0.898. The molecule has 1 amide bonds. The average Bonchev–Trinajstić information content (AvgIpc) is 2.50. The number of hydrogen-bond donors (Lipinski definition) is 1. The van der Waals surface area contributed by atoms with Crippen molar-refractivity contribution in [3.8, 4) is 11.5 Å². The van der Waals surface area contributed by atoms with Crippen LogP contribution in [-0.4, -0.2) is 37.7 Å². The maximum Gasteiger partial charge on any atom is 0.331 e. The first-order valence-electron chi connectivity index (χ1n) is 7.69. The van der Waals surface area contributed by atoms with E-state index in [1.165, 1.54) is 33.3 Å². The lowest BCUT2D eigenvalue weighted by molar-refractivity contribution is -0.150. The number of esters is 1. The maximum absolute atomic E-state index is 11.9. The van der Waals surface area contributed by atoms with Gasteiger partial charge < -0.3 is 19.5 Å². The minimum Gasteiger partial charge on any atom is -0.493 e. The van der Waals surface area contributed by atoms with Gasteiger partial charge in [-0.1, -0.05) is 11.6 Å². The monoisotopic (exact) mass is 369 g/mol. The first-order valence-corrected chi connectivity index (χ1v) is 8.07. The molecule has 1 aromatic rings. The Hall–Kier alpha value is -2.21. The van der Waals surface area contributed by atoms with E-state index in [9.17, 15) is 9.59 Å². The molecule has 25 heavy (non-hydrogen) atoms. The van der Waals surface area contributed by atoms with Crippen LogP contribution in [0.15, 0.2) is 18.2 Å². The van der Waals surface area contributed by atoms with Gasteiger partial charge in [-0.2, -0.15) is 0 Å². The molecule has 0 aromatic heterocycles. The summed E-state index contributed by atoms with van der Waals surface area (Å²) in [4.78, 5) is 23.8. The third-order valence-corrected chi connectivity index (χ3v) is 3.31. The lowest BCUT2D eigenvalue weighted by atomic mass is 10.1. The summed E-state index contributed by atoms with van der Waals surface area (Å²) in [7, 11) is 2.98. The van der Waals surface area contributed by atoms with Gasteiger partial charge in [0, 0.05) is 11.6 Å². The predicted molar refractivity (Wildman–Crippen MR) is 97.0 cm³/mol. The molecule has 1 N–H and O–H groups in total. The third-order valence-electron chi connectivity index (χ3n) is 3.03. The molecule has 0 saturated heterocycles. The molecule has 1 unspecified atom stereocenters. The first-order chi connectivity index (χ1) is 11.6. The molecule has 1 aromatic carbocycles. The van der Waals surface area contributed by atoms with Crippen molar-refractivity contribution in [3.63, 3.8) is 0 Å². The summed E-state index contributed by atoms with van der Waals surface area (Å²) in [6.45, 7) is 7.06. The SMILES string of the molecule is COc1cc(/C=C/C(=O)OC(C)C(=O)NC(C)(C)C)cc(Cl)c1OC. The zero-order chi connectivity index (χ0) is 19.2. The van der Waals surface area contributed by atoms with E-state index in [2.05, 4.69) is 5.32 Å². The fourth-order valence-electron chi connectivity index (χ4n) is 1.94. The highest BCUT2D eigenvalue weighted by atomic mass is 35.5. The number of hydrogen-bond acceptors (Lipinski definition) is 5. The number of halogens is 1. The van der Waals surface area contributed by atoms with Crippen molar-refractivity contribution in [2.24, 2.45) is 0 Å². The zero-order valence-corrected chi connectivity index (χ0v) is 16.1. The van der Waals surface area contributed by atoms with E-state index in [1.807, 2.05) is 20.8 Å². The lowest BCUT2D eigenvalue weighted by Crippen LogP contribution is -2.46. The van der Waals surface area contributed by atoms with Gasteiger partial charge in [0.1, 0.15) is 0 Å². The molecule has 0 fully saturated rings. The second-order valence-corrected chi connectivity index (χ2v) is 6.80. The number of ether oxygens (including phenoxy) is 3. The Morgan fingerprint density at radius 3 is 2.36 bits per heavy atom. The molecule has 0 aliphatic rings. The van der Waals surface area contributed by atoms with Crippen LogP contribution in [0, 0.1) is 0 Å². The highest BCUT2D eigenvalue weighted by molar-refractivity contribution is 6.32. The standard InChI is InChI=1S/C18H24ClNO5/c1-11(17(22)20-18(2,3)4)25-15(21)8-7-12-9-13(19)16(24-6)14(10-12)23-5/h7-11H,1-6H3,(H,20,22)/b8-7+. The Labute approximate surface area is 153 Å². The number of carbonyl (C=O) groups is 2. The fourth-order valence-corrected chi connectivity index (χ4v) is 2.23. The molecule has 6 nitrogen and oxygen atoms in total. The van der Waals surface area contributed by atoms with E-state index in [-0.39, 0.29) is 5.91 Å². The molecule has 7 heteroatoms. The number of amides is 1. The predicted octanol–water partition coefficient (Wildman–Crippen LogP) is 3.22. The Kier molecular flexibility index (Phi) is 7.30. The highest BCUT2D eigenvalue weighted by Crippen LogP contribution is 2.36. The number of carbonyl (C=O) groups excluding carboxylic acids is 2. The van der Waals surface area contributed by atoms with E-state index < -0.39 is 17.6 Å². The minimum absolute atomic E-state index is 0.354. The Morgan fingerprint density at radius 2 is 1.84 bits per heavy atom. The molecule has 138 valence electrons. The van der Waals surface area contributed by atoms with Crippen molar-refractivity contribution in [1.82, 2.24) is 5.32 Å². The molecule has 1 rings (SSSR count). The quantitative estimate of drug-likeness (QED) is 0.615. The molecule has 1 atom stereocenters. The number of rotatable bonds is 6. The molecular weight excluding hydrogens is 346 g/mol. The fraction of sp³-hybridized carbons (Fsp3) is 0.444. The smallest absolute Gasteiger partial charge is 0.331 e. The van der Waals surface area contributed by atoms with Crippen molar-refractivity contribution in [2.45, 2.75) is 39.3 Å². The average molecular weight is 370 g/mol. The van der Waals surface area contributed by atoms with Gasteiger partial charge >= 0.3 is 5.97 Å². The molecule has 0 bridgehead atoms. The van der Waals surface area contributed by atoms with E-state index in [0.717, 1.165) is 0 Å².